The summed E-state index contributed by atoms with van der Waals surface area (Å²) in [4.78, 5) is 13.0. The number of sulfonamides is 1. The van der Waals surface area contributed by atoms with Crippen LogP contribution in [0.2, 0.25) is 0 Å². The molecule has 26 heavy (non-hydrogen) atoms. The molecule has 0 saturated carbocycles. The first-order valence-corrected chi connectivity index (χ1v) is 10.4. The molecule has 7 heteroatoms. The molecule has 1 aromatic heterocycles. The van der Waals surface area contributed by atoms with E-state index in [1.165, 1.54) is 22.7 Å². The Labute approximate surface area is 157 Å². The van der Waals surface area contributed by atoms with E-state index in [4.69, 9.17) is 0 Å². The third-order valence-corrected chi connectivity index (χ3v) is 6.82. The molecule has 1 N–H and O–H groups in total. The summed E-state index contributed by atoms with van der Waals surface area (Å²) >= 11 is 1.39. The third-order valence-electron chi connectivity index (χ3n) is 3.91. The molecule has 0 bridgehead atoms. The molecule has 0 unspecified atom stereocenters. The minimum atomic E-state index is -3.63. The van der Waals surface area contributed by atoms with E-state index >= 15 is 0 Å². The number of thiophene rings is 1. The van der Waals surface area contributed by atoms with Crippen molar-refractivity contribution in [2.75, 3.05) is 11.4 Å². The van der Waals surface area contributed by atoms with Crippen molar-refractivity contribution in [3.8, 4) is 0 Å². The fraction of sp³-hybridized carbons (Fsp3) is 0.211. The van der Waals surface area contributed by atoms with Crippen molar-refractivity contribution in [2.24, 2.45) is 0 Å². The standard InChI is InChI=1S/C19H20N2O3S2/c1-13(2)20-19(22)18-12-14-11-15(9-10-17(14)25-18)21(3)26(23,24)16-7-5-4-6-8-16/h4-13H,1-3H3,(H,20,22). The van der Waals surface area contributed by atoms with E-state index in [1.807, 2.05) is 19.9 Å². The summed E-state index contributed by atoms with van der Waals surface area (Å²) < 4.78 is 27.7. The topological polar surface area (TPSA) is 66.5 Å². The van der Waals surface area contributed by atoms with Crippen molar-refractivity contribution in [2.45, 2.75) is 24.8 Å². The van der Waals surface area contributed by atoms with E-state index in [9.17, 15) is 13.2 Å². The summed E-state index contributed by atoms with van der Waals surface area (Å²) in [7, 11) is -2.10. The molecule has 5 nitrogen and oxygen atoms in total. The van der Waals surface area contributed by atoms with Gasteiger partial charge in [-0.25, -0.2) is 8.42 Å². The first-order chi connectivity index (χ1) is 12.3. The second-order valence-electron chi connectivity index (χ2n) is 6.25. The highest BCUT2D eigenvalue weighted by Gasteiger charge is 2.21. The lowest BCUT2D eigenvalue weighted by molar-refractivity contribution is 0.0947. The minimum Gasteiger partial charge on any atom is -0.349 e. The molecular weight excluding hydrogens is 368 g/mol. The number of carbonyl (C=O) groups excluding carboxylic acids is 1. The van der Waals surface area contributed by atoms with Crippen LogP contribution in [0.4, 0.5) is 5.69 Å². The quantitative estimate of drug-likeness (QED) is 0.722. The molecular formula is C19H20N2O3S2. The summed E-state index contributed by atoms with van der Waals surface area (Å²) in [5.74, 6) is -0.118. The molecule has 3 aromatic rings. The number of fused-ring (bicyclic) bond motifs is 1. The van der Waals surface area contributed by atoms with Gasteiger partial charge in [0.05, 0.1) is 15.5 Å². The van der Waals surface area contributed by atoms with Gasteiger partial charge in [0.1, 0.15) is 0 Å². The second-order valence-corrected chi connectivity index (χ2v) is 9.30. The Bertz CT molecular complexity index is 1040. The van der Waals surface area contributed by atoms with E-state index in [0.717, 1.165) is 10.1 Å². The number of hydrogen-bond acceptors (Lipinski definition) is 4. The van der Waals surface area contributed by atoms with Crippen LogP contribution in [0.1, 0.15) is 23.5 Å². The number of nitrogens with one attached hydrogen (secondary N) is 1. The van der Waals surface area contributed by atoms with Gasteiger partial charge in [0.2, 0.25) is 0 Å². The lowest BCUT2D eigenvalue weighted by atomic mass is 10.2. The van der Waals surface area contributed by atoms with Gasteiger partial charge in [-0.05, 0) is 55.6 Å². The van der Waals surface area contributed by atoms with Gasteiger partial charge < -0.3 is 5.32 Å². The number of amides is 1. The van der Waals surface area contributed by atoms with Crippen molar-refractivity contribution in [3.63, 3.8) is 0 Å². The highest BCUT2D eigenvalue weighted by atomic mass is 32.2. The van der Waals surface area contributed by atoms with E-state index in [0.29, 0.717) is 10.6 Å². The monoisotopic (exact) mass is 388 g/mol. The molecule has 3 rings (SSSR count). The molecule has 0 aliphatic heterocycles. The zero-order valence-corrected chi connectivity index (χ0v) is 16.4. The fourth-order valence-corrected chi connectivity index (χ4v) is 4.72. The van der Waals surface area contributed by atoms with Gasteiger partial charge in [-0.2, -0.15) is 0 Å². The number of carbonyl (C=O) groups is 1. The Morgan fingerprint density at radius 2 is 1.77 bits per heavy atom. The van der Waals surface area contributed by atoms with Crippen LogP contribution in [0.15, 0.2) is 59.5 Å². The van der Waals surface area contributed by atoms with Gasteiger partial charge >= 0.3 is 0 Å². The molecule has 2 aromatic carbocycles. The Hall–Kier alpha value is -2.38. The second kappa shape index (κ2) is 7.09. The van der Waals surface area contributed by atoms with Gasteiger partial charge in [0.25, 0.3) is 15.9 Å². The number of rotatable bonds is 5. The lowest BCUT2D eigenvalue weighted by Gasteiger charge is -2.19. The molecule has 0 spiro atoms. The molecule has 1 heterocycles. The van der Waals surface area contributed by atoms with E-state index in [-0.39, 0.29) is 16.8 Å². The number of nitrogens with zero attached hydrogens (tertiary/aromatic N) is 1. The van der Waals surface area contributed by atoms with E-state index in [2.05, 4.69) is 5.32 Å². The lowest BCUT2D eigenvalue weighted by Crippen LogP contribution is -2.29. The van der Waals surface area contributed by atoms with E-state index in [1.54, 1.807) is 48.5 Å². The first-order valence-electron chi connectivity index (χ1n) is 8.17. The maximum atomic E-state index is 12.8. The molecule has 0 fully saturated rings. The van der Waals surface area contributed by atoms with Gasteiger partial charge in [-0.1, -0.05) is 18.2 Å². The Morgan fingerprint density at radius 3 is 2.42 bits per heavy atom. The van der Waals surface area contributed by atoms with Crippen LogP contribution < -0.4 is 9.62 Å². The molecule has 0 saturated heterocycles. The SMILES string of the molecule is CC(C)NC(=O)c1cc2cc(N(C)S(=O)(=O)c3ccccc3)ccc2s1. The molecule has 0 aliphatic rings. The number of anilines is 1. The Kier molecular flexibility index (Phi) is 5.02. The molecule has 1 amide bonds. The summed E-state index contributed by atoms with van der Waals surface area (Å²) in [5, 5.41) is 3.71. The largest absolute Gasteiger partial charge is 0.349 e. The van der Waals surface area contributed by atoms with Crippen molar-refractivity contribution < 1.29 is 13.2 Å². The molecule has 0 aliphatic carbocycles. The smallest absolute Gasteiger partial charge is 0.264 e. The van der Waals surface area contributed by atoms with Crippen molar-refractivity contribution in [1.82, 2.24) is 5.32 Å². The average Bonchev–Trinajstić information content (AvgIpc) is 3.04. The van der Waals surface area contributed by atoms with Gasteiger partial charge in [-0.3, -0.25) is 9.10 Å². The summed E-state index contributed by atoms with van der Waals surface area (Å²) in [6.07, 6.45) is 0. The van der Waals surface area contributed by atoms with Crippen LogP contribution in [0.25, 0.3) is 10.1 Å². The van der Waals surface area contributed by atoms with Crippen molar-refractivity contribution >= 4 is 43.0 Å². The van der Waals surface area contributed by atoms with Crippen LogP contribution in [0.3, 0.4) is 0 Å². The maximum Gasteiger partial charge on any atom is 0.264 e. The predicted molar refractivity (Wildman–Crippen MR) is 106 cm³/mol. The third kappa shape index (κ3) is 3.59. The number of hydrogen-bond donors (Lipinski definition) is 1. The van der Waals surface area contributed by atoms with Crippen LogP contribution in [0, 0.1) is 0 Å². The summed E-state index contributed by atoms with van der Waals surface area (Å²) in [6, 6.07) is 15.6. The zero-order valence-electron chi connectivity index (χ0n) is 14.8. The fourth-order valence-electron chi connectivity index (χ4n) is 2.56. The van der Waals surface area contributed by atoms with E-state index < -0.39 is 10.0 Å². The maximum absolute atomic E-state index is 12.8. The van der Waals surface area contributed by atoms with Crippen LogP contribution in [0.5, 0.6) is 0 Å². The van der Waals surface area contributed by atoms with Gasteiger partial charge in [-0.15, -0.1) is 11.3 Å². The number of benzene rings is 2. The van der Waals surface area contributed by atoms with Crippen molar-refractivity contribution in [1.29, 1.82) is 0 Å². The average molecular weight is 389 g/mol. The van der Waals surface area contributed by atoms with Crippen LogP contribution in [-0.2, 0) is 10.0 Å². The summed E-state index contributed by atoms with van der Waals surface area (Å²) in [5.41, 5.74) is 0.551. The normalized spacial score (nSPS) is 11.7. The first kappa shape index (κ1) is 18.4. The molecule has 136 valence electrons. The van der Waals surface area contributed by atoms with Crippen LogP contribution in [-0.4, -0.2) is 27.4 Å². The Morgan fingerprint density at radius 1 is 1.08 bits per heavy atom. The Balaban J connectivity index is 1.95. The molecule has 0 radical (unpaired) electrons. The highest BCUT2D eigenvalue weighted by molar-refractivity contribution is 7.92. The molecule has 0 atom stereocenters. The minimum absolute atomic E-state index is 0.0606. The van der Waals surface area contributed by atoms with Crippen molar-refractivity contribution in [3.05, 3.63) is 59.5 Å². The predicted octanol–water partition coefficient (Wildman–Crippen LogP) is 3.86. The van der Waals surface area contributed by atoms with Gasteiger partial charge in [0, 0.05) is 17.8 Å². The highest BCUT2D eigenvalue weighted by Crippen LogP contribution is 2.31. The zero-order chi connectivity index (χ0) is 18.9. The van der Waals surface area contributed by atoms with Gasteiger partial charge in [0.15, 0.2) is 0 Å². The van der Waals surface area contributed by atoms with Crippen LogP contribution >= 0.6 is 11.3 Å². The summed E-state index contributed by atoms with van der Waals surface area (Å²) in [6.45, 7) is 3.82.